The molecule has 0 bridgehead atoms. The number of amides is 1. The fraction of sp³-hybridized carbons (Fsp3) is 0.222. The predicted octanol–water partition coefficient (Wildman–Crippen LogP) is 3.31. The second kappa shape index (κ2) is 6.90. The van der Waals surface area contributed by atoms with Crippen molar-refractivity contribution in [2.45, 2.75) is 0 Å². The number of hydrogen-bond donors (Lipinski definition) is 0. The lowest BCUT2D eigenvalue weighted by molar-refractivity contribution is 0.0742. The molecule has 0 aliphatic carbocycles. The highest BCUT2D eigenvalue weighted by Gasteiger charge is 2.26. The maximum Gasteiger partial charge on any atom is 0.258 e. The summed E-state index contributed by atoms with van der Waals surface area (Å²) in [5, 5.41) is 9.32. The van der Waals surface area contributed by atoms with E-state index in [1.54, 1.807) is 11.0 Å². The molecule has 1 amide bonds. The van der Waals surface area contributed by atoms with E-state index in [9.17, 15) is 14.4 Å². The third-order valence-corrected chi connectivity index (χ3v) is 4.42. The van der Waals surface area contributed by atoms with E-state index in [1.165, 1.54) is 18.2 Å². The zero-order valence-electron chi connectivity index (χ0n) is 12.9. The monoisotopic (exact) mass is 343 g/mol. The molecule has 2 aromatic rings. The Morgan fingerprint density at radius 2 is 1.79 bits per heavy atom. The summed E-state index contributed by atoms with van der Waals surface area (Å²) in [6.45, 7) is 2.06. The van der Waals surface area contributed by atoms with Crippen LogP contribution in [0.2, 0.25) is 5.02 Å². The van der Waals surface area contributed by atoms with Gasteiger partial charge in [0.25, 0.3) is 5.91 Å². The lowest BCUT2D eigenvalue weighted by Crippen LogP contribution is -2.49. The van der Waals surface area contributed by atoms with Crippen LogP contribution < -0.4 is 4.90 Å². The molecule has 122 valence electrons. The van der Waals surface area contributed by atoms with Crippen molar-refractivity contribution in [3.05, 3.63) is 64.4 Å². The van der Waals surface area contributed by atoms with Crippen molar-refractivity contribution in [1.82, 2.24) is 4.90 Å². The largest absolute Gasteiger partial charge is 0.367 e. The lowest BCUT2D eigenvalue weighted by Gasteiger charge is -2.36. The van der Waals surface area contributed by atoms with E-state index in [0.29, 0.717) is 31.7 Å². The Bertz CT molecular complexity index is 790. The fourth-order valence-corrected chi connectivity index (χ4v) is 3.10. The molecule has 0 radical (unpaired) electrons. The van der Waals surface area contributed by atoms with Crippen LogP contribution in [0, 0.1) is 17.1 Å². The van der Waals surface area contributed by atoms with Crippen LogP contribution in [0.25, 0.3) is 0 Å². The number of rotatable bonds is 2. The van der Waals surface area contributed by atoms with Crippen molar-refractivity contribution in [2.24, 2.45) is 0 Å². The molecular formula is C18H15ClFN3O. The molecule has 1 saturated heterocycles. The molecule has 1 aliphatic rings. The van der Waals surface area contributed by atoms with Crippen molar-refractivity contribution in [3.63, 3.8) is 0 Å². The van der Waals surface area contributed by atoms with Crippen LogP contribution >= 0.6 is 11.6 Å². The molecular weight excluding hydrogens is 329 g/mol. The second-order valence-corrected chi connectivity index (χ2v) is 5.91. The van der Waals surface area contributed by atoms with E-state index >= 15 is 0 Å². The Morgan fingerprint density at radius 1 is 1.08 bits per heavy atom. The second-order valence-electron chi connectivity index (χ2n) is 5.50. The van der Waals surface area contributed by atoms with Crippen LogP contribution in [0.5, 0.6) is 0 Å². The molecule has 6 heteroatoms. The van der Waals surface area contributed by atoms with Gasteiger partial charge in [-0.2, -0.15) is 5.26 Å². The van der Waals surface area contributed by atoms with Gasteiger partial charge in [-0.05, 0) is 24.3 Å². The van der Waals surface area contributed by atoms with Crippen molar-refractivity contribution in [3.8, 4) is 6.07 Å². The number of carbonyl (C=O) groups excluding carboxylic acids is 1. The van der Waals surface area contributed by atoms with E-state index in [0.717, 1.165) is 5.69 Å². The fourth-order valence-electron chi connectivity index (χ4n) is 2.85. The van der Waals surface area contributed by atoms with Crippen molar-refractivity contribution < 1.29 is 9.18 Å². The summed E-state index contributed by atoms with van der Waals surface area (Å²) in [5.41, 5.74) is 1.38. The van der Waals surface area contributed by atoms with E-state index in [1.807, 2.05) is 18.2 Å². The van der Waals surface area contributed by atoms with Gasteiger partial charge in [0, 0.05) is 26.2 Å². The number of anilines is 1. The van der Waals surface area contributed by atoms with E-state index in [2.05, 4.69) is 11.0 Å². The molecule has 4 nitrogen and oxygen atoms in total. The number of nitrogens with zero attached hydrogens (tertiary/aromatic N) is 3. The summed E-state index contributed by atoms with van der Waals surface area (Å²) < 4.78 is 13.9. The molecule has 24 heavy (non-hydrogen) atoms. The third kappa shape index (κ3) is 3.06. The number of nitriles is 1. The topological polar surface area (TPSA) is 47.3 Å². The maximum atomic E-state index is 13.9. The summed E-state index contributed by atoms with van der Waals surface area (Å²) in [5.74, 6) is -1.00. The van der Waals surface area contributed by atoms with Crippen LogP contribution in [-0.2, 0) is 0 Å². The maximum absolute atomic E-state index is 13.9. The Labute approximate surface area is 144 Å². The summed E-state index contributed by atoms with van der Waals surface area (Å²) in [6.07, 6.45) is 0. The van der Waals surface area contributed by atoms with Gasteiger partial charge in [0.05, 0.1) is 21.8 Å². The molecule has 1 heterocycles. The van der Waals surface area contributed by atoms with Crippen LogP contribution in [0.4, 0.5) is 10.1 Å². The molecule has 0 spiro atoms. The molecule has 2 aromatic carbocycles. The van der Waals surface area contributed by atoms with E-state index in [-0.39, 0.29) is 10.6 Å². The van der Waals surface area contributed by atoms with Crippen LogP contribution in [0.15, 0.2) is 42.5 Å². The molecule has 0 atom stereocenters. The molecule has 0 aromatic heterocycles. The first-order valence-corrected chi connectivity index (χ1v) is 7.97. The standard InChI is InChI=1S/C18H15ClFN3O/c19-14-5-3-6-15(20)17(14)18(24)23-10-8-22(9-11-23)16-7-2-1-4-13(16)12-21/h1-7H,8-11H2. The number of benzene rings is 2. The van der Waals surface area contributed by atoms with Crippen molar-refractivity contribution in [2.75, 3.05) is 31.1 Å². The SMILES string of the molecule is N#Cc1ccccc1N1CCN(C(=O)c2c(F)cccc2Cl)CC1. The molecule has 0 saturated carbocycles. The third-order valence-electron chi connectivity index (χ3n) is 4.11. The highest BCUT2D eigenvalue weighted by Crippen LogP contribution is 2.24. The molecule has 3 rings (SSSR count). The first-order valence-electron chi connectivity index (χ1n) is 7.59. The lowest BCUT2D eigenvalue weighted by atomic mass is 10.1. The van der Waals surface area contributed by atoms with Gasteiger partial charge < -0.3 is 9.80 Å². The van der Waals surface area contributed by atoms with E-state index in [4.69, 9.17) is 11.6 Å². The molecule has 1 aliphatic heterocycles. The Kier molecular flexibility index (Phi) is 4.68. The van der Waals surface area contributed by atoms with Gasteiger partial charge in [0.15, 0.2) is 0 Å². The number of halogens is 2. The first kappa shape index (κ1) is 16.3. The van der Waals surface area contributed by atoms with Crippen LogP contribution in [0.1, 0.15) is 15.9 Å². The number of carbonyl (C=O) groups is 1. The summed E-state index contributed by atoms with van der Waals surface area (Å²) in [4.78, 5) is 16.2. The normalized spacial score (nSPS) is 14.4. The Balaban J connectivity index is 1.74. The van der Waals surface area contributed by atoms with Gasteiger partial charge in [-0.1, -0.05) is 29.8 Å². The van der Waals surface area contributed by atoms with Crippen molar-refractivity contribution in [1.29, 1.82) is 5.26 Å². The molecule has 0 unspecified atom stereocenters. The first-order chi connectivity index (χ1) is 11.6. The Hall–Kier alpha value is -2.58. The van der Waals surface area contributed by atoms with Gasteiger partial charge in [0.2, 0.25) is 0 Å². The van der Waals surface area contributed by atoms with Crippen LogP contribution in [0.3, 0.4) is 0 Å². The highest BCUT2D eigenvalue weighted by molar-refractivity contribution is 6.33. The smallest absolute Gasteiger partial charge is 0.258 e. The van der Waals surface area contributed by atoms with Gasteiger partial charge in [-0.25, -0.2) is 4.39 Å². The Morgan fingerprint density at radius 3 is 2.46 bits per heavy atom. The minimum absolute atomic E-state index is 0.0787. The zero-order chi connectivity index (χ0) is 17.1. The average Bonchev–Trinajstić information content (AvgIpc) is 2.61. The summed E-state index contributed by atoms with van der Waals surface area (Å²) in [7, 11) is 0. The number of hydrogen-bond acceptors (Lipinski definition) is 3. The zero-order valence-corrected chi connectivity index (χ0v) is 13.6. The van der Waals surface area contributed by atoms with E-state index < -0.39 is 11.7 Å². The number of piperazine rings is 1. The average molecular weight is 344 g/mol. The van der Waals surface area contributed by atoms with Gasteiger partial charge in [-0.15, -0.1) is 0 Å². The quantitative estimate of drug-likeness (QED) is 0.840. The minimum atomic E-state index is -0.607. The number of para-hydroxylation sites is 1. The van der Waals surface area contributed by atoms with Crippen LogP contribution in [-0.4, -0.2) is 37.0 Å². The molecule has 0 N–H and O–H groups in total. The summed E-state index contributed by atoms with van der Waals surface area (Å²) >= 11 is 5.97. The van der Waals surface area contributed by atoms with Crippen molar-refractivity contribution >= 4 is 23.2 Å². The van der Waals surface area contributed by atoms with Gasteiger partial charge in [0.1, 0.15) is 11.9 Å². The highest BCUT2D eigenvalue weighted by atomic mass is 35.5. The predicted molar refractivity (Wildman–Crippen MR) is 90.7 cm³/mol. The van der Waals surface area contributed by atoms with Gasteiger partial charge >= 0.3 is 0 Å². The summed E-state index contributed by atoms with van der Waals surface area (Å²) in [6, 6.07) is 13.8. The minimum Gasteiger partial charge on any atom is -0.367 e. The molecule has 1 fully saturated rings. The van der Waals surface area contributed by atoms with Gasteiger partial charge in [-0.3, -0.25) is 4.79 Å².